The average molecular weight is 280 g/mol. The molecule has 1 aromatic rings. The molecule has 0 atom stereocenters. The molecule has 0 unspecified atom stereocenters. The van der Waals surface area contributed by atoms with Crippen LogP contribution in [0.5, 0.6) is 0 Å². The van der Waals surface area contributed by atoms with Crippen molar-refractivity contribution in [2.24, 2.45) is 0 Å². The zero-order chi connectivity index (χ0) is 12.0. The minimum absolute atomic E-state index is 0.413. The van der Waals surface area contributed by atoms with E-state index in [2.05, 4.69) is 22.0 Å². The van der Waals surface area contributed by atoms with Crippen LogP contribution in [-0.4, -0.2) is 11.1 Å². The zero-order valence-corrected chi connectivity index (χ0v) is 10.1. The van der Waals surface area contributed by atoms with Gasteiger partial charge in [-0.3, -0.25) is 0 Å². The molecule has 1 aromatic carbocycles. The summed E-state index contributed by atoms with van der Waals surface area (Å²) in [6.07, 6.45) is 3.66. The summed E-state index contributed by atoms with van der Waals surface area (Å²) in [5.74, 6) is -0.980. The van der Waals surface area contributed by atoms with E-state index in [4.69, 9.17) is 10.4 Å². The molecule has 0 fully saturated rings. The van der Waals surface area contributed by atoms with E-state index < -0.39 is 5.97 Å². The maximum absolute atomic E-state index is 10.4. The third kappa shape index (κ3) is 3.52. The lowest BCUT2D eigenvalue weighted by Gasteiger charge is -2.06. The first-order valence-corrected chi connectivity index (χ1v) is 5.50. The molecule has 0 spiro atoms. The van der Waals surface area contributed by atoms with Crippen LogP contribution >= 0.6 is 15.9 Å². The number of benzene rings is 1. The summed E-state index contributed by atoms with van der Waals surface area (Å²) in [6, 6.07) is 7.62. The first-order chi connectivity index (χ1) is 7.65. The molecule has 16 heavy (non-hydrogen) atoms. The van der Waals surface area contributed by atoms with E-state index in [9.17, 15) is 4.79 Å². The summed E-state index contributed by atoms with van der Waals surface area (Å²) in [7, 11) is 0. The van der Waals surface area contributed by atoms with Crippen molar-refractivity contribution in [1.29, 1.82) is 5.26 Å². The number of aliphatic carboxylic acids is 1. The summed E-state index contributed by atoms with van der Waals surface area (Å²) in [4.78, 5) is 10.4. The van der Waals surface area contributed by atoms with Crippen LogP contribution in [-0.2, 0) is 11.2 Å². The minimum atomic E-state index is -0.980. The Balaban J connectivity index is 3.03. The van der Waals surface area contributed by atoms with Gasteiger partial charge in [0.1, 0.15) is 0 Å². The summed E-state index contributed by atoms with van der Waals surface area (Å²) in [5, 5.41) is 17.1. The van der Waals surface area contributed by atoms with Gasteiger partial charge in [0.05, 0.1) is 6.07 Å². The van der Waals surface area contributed by atoms with Crippen LogP contribution in [0.3, 0.4) is 0 Å². The molecular weight excluding hydrogens is 270 g/mol. The number of carboxylic acids is 1. The van der Waals surface area contributed by atoms with E-state index in [0.29, 0.717) is 12.8 Å². The molecule has 0 radical (unpaired) electrons. The van der Waals surface area contributed by atoms with Crippen molar-refractivity contribution < 1.29 is 9.90 Å². The SMILES string of the molecule is N#CCCc1c(Br)cccc1/C=C/C(=O)O. The number of rotatable bonds is 4. The van der Waals surface area contributed by atoms with Gasteiger partial charge in [-0.2, -0.15) is 5.26 Å². The lowest BCUT2D eigenvalue weighted by Crippen LogP contribution is -1.92. The molecule has 0 aromatic heterocycles. The number of halogens is 1. The Morgan fingerprint density at radius 3 is 2.94 bits per heavy atom. The zero-order valence-electron chi connectivity index (χ0n) is 8.48. The van der Waals surface area contributed by atoms with E-state index in [1.165, 1.54) is 0 Å². The quantitative estimate of drug-likeness (QED) is 0.862. The minimum Gasteiger partial charge on any atom is -0.478 e. The molecule has 1 N–H and O–H groups in total. The molecule has 4 heteroatoms. The van der Waals surface area contributed by atoms with Crippen LogP contribution < -0.4 is 0 Å². The number of nitriles is 1. The van der Waals surface area contributed by atoms with Gasteiger partial charge in [0, 0.05) is 17.0 Å². The number of hydrogen-bond acceptors (Lipinski definition) is 2. The number of hydrogen-bond donors (Lipinski definition) is 1. The fourth-order valence-electron chi connectivity index (χ4n) is 1.34. The van der Waals surface area contributed by atoms with E-state index >= 15 is 0 Å². The van der Waals surface area contributed by atoms with Gasteiger partial charge in [-0.05, 0) is 29.7 Å². The maximum atomic E-state index is 10.4. The molecular formula is C12H10BrNO2. The van der Waals surface area contributed by atoms with Crippen LogP contribution in [0.15, 0.2) is 28.7 Å². The predicted molar refractivity (Wildman–Crippen MR) is 64.7 cm³/mol. The number of carbonyl (C=O) groups is 1. The highest BCUT2D eigenvalue weighted by atomic mass is 79.9. The van der Waals surface area contributed by atoms with E-state index in [1.54, 1.807) is 6.08 Å². The van der Waals surface area contributed by atoms with Gasteiger partial charge in [0.25, 0.3) is 0 Å². The molecule has 0 bridgehead atoms. The third-order valence-corrected chi connectivity index (χ3v) is 2.79. The number of nitrogens with zero attached hydrogens (tertiary/aromatic N) is 1. The Kier molecular flexibility index (Phi) is 4.74. The second kappa shape index (κ2) is 6.09. The molecule has 0 aliphatic heterocycles. The smallest absolute Gasteiger partial charge is 0.328 e. The average Bonchev–Trinajstić information content (AvgIpc) is 2.25. The van der Waals surface area contributed by atoms with Crippen molar-refractivity contribution in [3.8, 4) is 6.07 Å². The third-order valence-electron chi connectivity index (χ3n) is 2.05. The van der Waals surface area contributed by atoms with Gasteiger partial charge < -0.3 is 5.11 Å². The predicted octanol–water partition coefficient (Wildman–Crippen LogP) is 3.00. The van der Waals surface area contributed by atoms with Crippen LogP contribution in [0.4, 0.5) is 0 Å². The first kappa shape index (κ1) is 12.5. The summed E-state index contributed by atoms with van der Waals surface area (Å²) < 4.78 is 0.898. The highest BCUT2D eigenvalue weighted by molar-refractivity contribution is 9.10. The Morgan fingerprint density at radius 2 is 2.31 bits per heavy atom. The van der Waals surface area contributed by atoms with Crippen molar-refractivity contribution in [2.45, 2.75) is 12.8 Å². The van der Waals surface area contributed by atoms with Crippen LogP contribution in [0.2, 0.25) is 0 Å². The lowest BCUT2D eigenvalue weighted by atomic mass is 10.0. The van der Waals surface area contributed by atoms with Gasteiger partial charge in [-0.25, -0.2) is 4.79 Å². The second-order valence-corrected chi connectivity index (χ2v) is 3.99. The van der Waals surface area contributed by atoms with Crippen LogP contribution in [0, 0.1) is 11.3 Å². The number of carboxylic acid groups (broad SMARTS) is 1. The molecule has 0 saturated carbocycles. The second-order valence-electron chi connectivity index (χ2n) is 3.14. The lowest BCUT2D eigenvalue weighted by molar-refractivity contribution is -0.131. The molecule has 0 heterocycles. The fraction of sp³-hybridized carbons (Fsp3) is 0.167. The van der Waals surface area contributed by atoms with E-state index in [1.807, 2.05) is 18.2 Å². The highest BCUT2D eigenvalue weighted by Crippen LogP contribution is 2.23. The van der Waals surface area contributed by atoms with E-state index in [-0.39, 0.29) is 0 Å². The molecule has 1 rings (SSSR count). The van der Waals surface area contributed by atoms with Crippen LogP contribution in [0.1, 0.15) is 17.5 Å². The first-order valence-electron chi connectivity index (χ1n) is 4.70. The maximum Gasteiger partial charge on any atom is 0.328 e. The molecule has 82 valence electrons. The van der Waals surface area contributed by atoms with Crippen molar-refractivity contribution in [2.75, 3.05) is 0 Å². The molecule has 3 nitrogen and oxygen atoms in total. The normalized spacial score (nSPS) is 10.2. The summed E-state index contributed by atoms with van der Waals surface area (Å²) in [5.41, 5.74) is 1.79. The monoisotopic (exact) mass is 279 g/mol. The van der Waals surface area contributed by atoms with Gasteiger partial charge in [-0.15, -0.1) is 0 Å². The summed E-state index contributed by atoms with van der Waals surface area (Å²) in [6.45, 7) is 0. The molecule has 0 saturated heterocycles. The molecule has 0 aliphatic carbocycles. The molecule has 0 aliphatic rings. The van der Waals surface area contributed by atoms with Crippen molar-refractivity contribution in [1.82, 2.24) is 0 Å². The van der Waals surface area contributed by atoms with Gasteiger partial charge in [0.15, 0.2) is 0 Å². The van der Waals surface area contributed by atoms with Gasteiger partial charge >= 0.3 is 5.97 Å². The van der Waals surface area contributed by atoms with Crippen molar-refractivity contribution in [3.63, 3.8) is 0 Å². The highest BCUT2D eigenvalue weighted by Gasteiger charge is 2.04. The molecule has 0 amide bonds. The summed E-state index contributed by atoms with van der Waals surface area (Å²) >= 11 is 3.39. The Hall–Kier alpha value is -1.60. The Labute approximate surface area is 102 Å². The largest absolute Gasteiger partial charge is 0.478 e. The van der Waals surface area contributed by atoms with Crippen molar-refractivity contribution >= 4 is 28.0 Å². The Bertz CT molecular complexity index is 461. The topological polar surface area (TPSA) is 61.1 Å². The van der Waals surface area contributed by atoms with Crippen molar-refractivity contribution in [3.05, 3.63) is 39.9 Å². The van der Waals surface area contributed by atoms with Gasteiger partial charge in [-0.1, -0.05) is 28.1 Å². The van der Waals surface area contributed by atoms with Gasteiger partial charge in [0.2, 0.25) is 0 Å². The van der Waals surface area contributed by atoms with Crippen LogP contribution in [0.25, 0.3) is 6.08 Å². The Morgan fingerprint density at radius 1 is 1.56 bits per heavy atom. The van der Waals surface area contributed by atoms with E-state index in [0.717, 1.165) is 21.7 Å². The standard InChI is InChI=1S/C12H10BrNO2/c13-11-5-1-3-9(6-7-12(15)16)10(11)4-2-8-14/h1,3,5-7H,2,4H2,(H,15,16)/b7-6+. The fourth-order valence-corrected chi connectivity index (χ4v) is 1.92.